The fraction of sp³-hybridized carbons (Fsp3) is 0.372. The van der Waals surface area contributed by atoms with Gasteiger partial charge < -0.3 is 86.5 Å². The van der Waals surface area contributed by atoms with Crippen LogP contribution in [0.3, 0.4) is 0 Å². The molecular formula is C78H85BrF9N19O9. The van der Waals surface area contributed by atoms with Crippen LogP contribution in [-0.2, 0) is 52.2 Å². The van der Waals surface area contributed by atoms with Crippen LogP contribution >= 0.6 is 15.9 Å². The van der Waals surface area contributed by atoms with E-state index in [1.165, 1.54) is 14.2 Å². The molecule has 4 aromatic heterocycles. The Balaban J connectivity index is 0.000000153. The van der Waals surface area contributed by atoms with Crippen LogP contribution in [0.25, 0.3) is 0 Å². The number of hydrogen-bond acceptors (Lipinski definition) is 25. The maximum atomic E-state index is 13.4. The number of anilines is 14. The largest absolute Gasteiger partial charge is 0.493 e. The SMILES string of the molecule is CC(C)(C)OC(=O)NCCCNc1nc(Nc2ccc3c(c2)CCC(=O)N3)ncc1C(F)(F)F.COc1cc(Nc2ncc(Br)c(Nc3ccccc3)n2)cc(OC)c1OC.COc1ccc(Nc2ncc(C(F)(F)F)c(NC3CC3)n2)cc1OC.O=C(C1CC1)N1CCc2cc(Nc3ncc(C(F)(F)F)c(NC4CC4)n3)ccc2C1. The molecule has 9 aromatic rings. The summed E-state index contributed by atoms with van der Waals surface area (Å²) in [5.74, 6) is 3.49. The Morgan fingerprint density at radius 3 is 1.52 bits per heavy atom. The third kappa shape index (κ3) is 24.2. The fourth-order valence-electron chi connectivity index (χ4n) is 11.6. The normalized spacial score (nSPS) is 14.2. The number of carbonyl (C=O) groups is 3. The van der Waals surface area contributed by atoms with Crippen LogP contribution < -0.4 is 76.9 Å². The molecule has 5 aliphatic rings. The number of nitrogens with zero attached hydrogens (tertiary/aromatic N) is 9. The number of para-hydroxylation sites is 1. The Kier molecular flexibility index (Phi) is 27.4. The van der Waals surface area contributed by atoms with E-state index in [2.05, 4.69) is 109 Å². The minimum atomic E-state index is -4.64. The molecule has 28 nitrogen and oxygen atoms in total. The highest BCUT2D eigenvalue weighted by molar-refractivity contribution is 9.10. The van der Waals surface area contributed by atoms with E-state index in [1.807, 2.05) is 53.4 Å². The standard InChI is InChI=1S/C22H27F3N6O3.C21H22F3N5O.C19H19BrN4O3.C16H17F3N4O2/c1-21(2,3)34-20(33)27-10-4-9-26-18-15(22(23,24)25)12-28-19(31-18)29-14-6-7-16-13(11-14)5-8-17(32)30-16;22-21(23,24)17-10-25-20(28-18(17)26-15-5-6-15)27-16-4-3-14-11-29(8-7-13(14)9-16)19(30)12-1-2-12;1-25-15-9-13(10-16(26-2)17(15)27-3)23-19-21-11-14(20)18(24-19)22-12-7-5-4-6-8-12;1-24-12-6-5-10(7-13(12)25-2)22-15-20-8-11(16(17,18)19)14(23-15)21-9-3-4-9/h6-7,11-12H,4-5,8-10H2,1-3H3,(H,27,33)(H,30,32)(H2,26,28,29,31);3-4,9-10,12,15H,1-2,5-8,11H2,(H2,25,26,27,28);4-11H,1-3H3,(H2,21,22,23,24);5-9H,3-4H2,1-2H3,(H2,20,21,22,23). The molecule has 0 unspecified atom stereocenters. The molecule has 10 N–H and O–H groups in total. The van der Waals surface area contributed by atoms with Crippen molar-refractivity contribution < 1.29 is 82.3 Å². The van der Waals surface area contributed by atoms with Gasteiger partial charge in [-0.15, -0.1) is 0 Å². The number of hydrogen-bond donors (Lipinski definition) is 10. The first-order chi connectivity index (χ1) is 55.3. The highest BCUT2D eigenvalue weighted by atomic mass is 79.9. The Labute approximate surface area is 669 Å². The number of nitrogens with one attached hydrogen (secondary N) is 10. The van der Waals surface area contributed by atoms with Crippen LogP contribution in [0.5, 0.6) is 28.7 Å². The van der Waals surface area contributed by atoms with E-state index in [0.29, 0.717) is 101 Å². The highest BCUT2D eigenvalue weighted by Crippen LogP contribution is 2.43. The molecule has 3 amide bonds. The summed E-state index contributed by atoms with van der Waals surface area (Å²) < 4.78 is 152. The number of ether oxygens (including phenoxy) is 6. The Morgan fingerprint density at radius 2 is 0.991 bits per heavy atom. The Hall–Kier alpha value is -12.1. The van der Waals surface area contributed by atoms with Gasteiger partial charge in [0.2, 0.25) is 41.4 Å². The summed E-state index contributed by atoms with van der Waals surface area (Å²) in [7, 11) is 7.71. The number of amides is 3. The quantitative estimate of drug-likeness (QED) is 0.0188. The van der Waals surface area contributed by atoms with Crippen LogP contribution in [0.1, 0.15) is 106 Å². The monoisotopic (exact) mass is 1680 g/mol. The number of alkyl carbamates (subject to hydrolysis) is 1. The van der Waals surface area contributed by atoms with Gasteiger partial charge in [0.1, 0.15) is 45.6 Å². The fourth-order valence-corrected chi connectivity index (χ4v) is 11.9. The zero-order chi connectivity index (χ0) is 83.1. The molecule has 38 heteroatoms. The van der Waals surface area contributed by atoms with Crippen LogP contribution in [-0.4, -0.2) is 136 Å². The van der Waals surface area contributed by atoms with E-state index in [0.717, 1.165) is 90.4 Å². The third-order valence-corrected chi connectivity index (χ3v) is 18.3. The first-order valence-corrected chi connectivity index (χ1v) is 37.5. The van der Waals surface area contributed by atoms with Gasteiger partial charge in [-0.25, -0.2) is 24.7 Å². The smallest absolute Gasteiger partial charge is 0.421 e. The molecule has 2 aliphatic heterocycles. The van der Waals surface area contributed by atoms with Gasteiger partial charge in [-0.3, -0.25) is 9.59 Å². The molecule has 6 heterocycles. The molecule has 0 bridgehead atoms. The summed E-state index contributed by atoms with van der Waals surface area (Å²) in [6.07, 6.45) is -2.89. The minimum Gasteiger partial charge on any atom is -0.493 e. The Bertz CT molecular complexity index is 4920. The molecule has 0 atom stereocenters. The van der Waals surface area contributed by atoms with E-state index >= 15 is 0 Å². The molecule has 0 spiro atoms. The van der Waals surface area contributed by atoms with Crippen LogP contribution in [0.2, 0.25) is 0 Å². The van der Waals surface area contributed by atoms with E-state index < -0.39 is 46.9 Å². The lowest BCUT2D eigenvalue weighted by atomic mass is 9.98. The van der Waals surface area contributed by atoms with Gasteiger partial charge in [0, 0.05) is 128 Å². The molecule has 3 fully saturated rings. The number of fused-ring (bicyclic) bond motifs is 2. The van der Waals surface area contributed by atoms with Gasteiger partial charge in [-0.05, 0) is 166 Å². The molecule has 616 valence electrons. The zero-order valence-electron chi connectivity index (χ0n) is 64.2. The summed E-state index contributed by atoms with van der Waals surface area (Å²) in [5.41, 5.74) is 3.98. The van der Waals surface area contributed by atoms with Crippen molar-refractivity contribution in [1.82, 2.24) is 50.1 Å². The van der Waals surface area contributed by atoms with Gasteiger partial charge in [-0.2, -0.15) is 59.4 Å². The average Bonchev–Trinajstić information content (AvgIpc) is 1.24. The lowest BCUT2D eigenvalue weighted by molar-refractivity contribution is -0.138. The predicted octanol–water partition coefficient (Wildman–Crippen LogP) is 17.1. The molecule has 5 aromatic carbocycles. The lowest BCUT2D eigenvalue weighted by Crippen LogP contribution is -2.36. The van der Waals surface area contributed by atoms with Crippen molar-refractivity contribution in [3.8, 4) is 28.7 Å². The summed E-state index contributed by atoms with van der Waals surface area (Å²) in [4.78, 5) is 69.7. The number of aromatic nitrogens is 8. The van der Waals surface area contributed by atoms with Crippen LogP contribution in [0.15, 0.2) is 126 Å². The predicted molar refractivity (Wildman–Crippen MR) is 422 cm³/mol. The summed E-state index contributed by atoms with van der Waals surface area (Å²) in [6.45, 7) is 6.84. The zero-order valence-corrected chi connectivity index (χ0v) is 65.7. The number of benzene rings is 5. The maximum Gasteiger partial charge on any atom is 0.421 e. The highest BCUT2D eigenvalue weighted by Gasteiger charge is 2.40. The van der Waals surface area contributed by atoms with Crippen molar-refractivity contribution in [2.24, 2.45) is 5.92 Å². The topological polar surface area (TPSA) is 333 Å². The number of rotatable bonds is 25. The Morgan fingerprint density at radius 1 is 0.500 bits per heavy atom. The van der Waals surface area contributed by atoms with Crippen molar-refractivity contribution in [2.75, 3.05) is 103 Å². The second-order valence-corrected chi connectivity index (χ2v) is 28.8. The average molecular weight is 1680 g/mol. The van der Waals surface area contributed by atoms with E-state index in [1.54, 1.807) is 96.8 Å². The molecular weight excluding hydrogens is 1600 g/mol. The summed E-state index contributed by atoms with van der Waals surface area (Å²) in [6, 6.07) is 29.4. The van der Waals surface area contributed by atoms with Gasteiger partial charge in [0.25, 0.3) is 0 Å². The minimum absolute atomic E-state index is 0.0119. The van der Waals surface area contributed by atoms with Gasteiger partial charge >= 0.3 is 24.6 Å². The number of aryl methyl sites for hydroxylation is 1. The molecule has 116 heavy (non-hydrogen) atoms. The van der Waals surface area contributed by atoms with Crippen molar-refractivity contribution >= 4 is 115 Å². The summed E-state index contributed by atoms with van der Waals surface area (Å²) in [5, 5.41) is 28.9. The number of methoxy groups -OCH3 is 5. The van der Waals surface area contributed by atoms with Crippen molar-refractivity contribution in [3.63, 3.8) is 0 Å². The van der Waals surface area contributed by atoms with Crippen molar-refractivity contribution in [1.29, 1.82) is 0 Å². The second kappa shape index (κ2) is 37.4. The van der Waals surface area contributed by atoms with E-state index in [4.69, 9.17) is 28.4 Å². The van der Waals surface area contributed by atoms with E-state index in [-0.39, 0.29) is 78.2 Å². The molecule has 0 radical (unpaired) electrons. The molecule has 3 aliphatic carbocycles. The van der Waals surface area contributed by atoms with Gasteiger partial charge in [0.05, 0.1) is 40.0 Å². The van der Waals surface area contributed by atoms with Gasteiger partial charge in [-0.1, -0.05) is 24.3 Å². The first kappa shape index (κ1) is 84.8. The molecule has 0 saturated heterocycles. The van der Waals surface area contributed by atoms with Crippen LogP contribution in [0.4, 0.5) is 125 Å². The molecule has 3 saturated carbocycles. The number of alkyl halides is 9. The second-order valence-electron chi connectivity index (χ2n) is 28.0. The van der Waals surface area contributed by atoms with E-state index in [9.17, 15) is 53.9 Å². The van der Waals surface area contributed by atoms with Crippen molar-refractivity contribution in [2.45, 2.75) is 128 Å². The third-order valence-electron chi connectivity index (χ3n) is 17.7. The molecule has 14 rings (SSSR count). The number of halogens is 10. The lowest BCUT2D eigenvalue weighted by Gasteiger charge is -2.29. The van der Waals surface area contributed by atoms with Crippen molar-refractivity contribution in [3.05, 3.63) is 160 Å². The van der Waals surface area contributed by atoms with Crippen LogP contribution in [0, 0.1) is 5.92 Å². The van der Waals surface area contributed by atoms with Gasteiger partial charge in [0.15, 0.2) is 23.0 Å². The maximum absolute atomic E-state index is 13.4. The first-order valence-electron chi connectivity index (χ1n) is 36.7. The summed E-state index contributed by atoms with van der Waals surface area (Å²) >= 11 is 3.47. The number of carbonyl (C=O) groups excluding carboxylic acids is 3.